The lowest BCUT2D eigenvalue weighted by molar-refractivity contribution is -0.184. The maximum Gasteiger partial charge on any atom is 0.391 e. The second kappa shape index (κ2) is 6.73. The first-order chi connectivity index (χ1) is 9.91. The molecule has 1 fully saturated rings. The largest absolute Gasteiger partial charge is 0.391 e. The van der Waals surface area contributed by atoms with Gasteiger partial charge in [0.2, 0.25) is 0 Å². The van der Waals surface area contributed by atoms with E-state index in [0.717, 1.165) is 6.20 Å². The topological polar surface area (TPSA) is 24.9 Å². The van der Waals surface area contributed by atoms with Crippen LogP contribution in [0.4, 0.5) is 17.6 Å². The Morgan fingerprint density at radius 2 is 1.90 bits per heavy atom. The van der Waals surface area contributed by atoms with Gasteiger partial charge >= 0.3 is 6.18 Å². The van der Waals surface area contributed by atoms with Gasteiger partial charge in [-0.2, -0.15) is 13.2 Å². The Bertz CT molecular complexity index is 453. The highest BCUT2D eigenvalue weighted by molar-refractivity contribution is 5.16. The standard InChI is InChI=1S/C15H20F4N2/c1-2-21-14(11-7-13(16)9-20-8-11)10-3-5-12(6-4-10)15(17,18)19/h7-10,12,14,21H,2-6H2,1H3. The van der Waals surface area contributed by atoms with Crippen molar-refractivity contribution in [1.29, 1.82) is 0 Å². The number of aromatic nitrogens is 1. The summed E-state index contributed by atoms with van der Waals surface area (Å²) in [5, 5.41) is 3.26. The van der Waals surface area contributed by atoms with Crippen LogP contribution in [0.2, 0.25) is 0 Å². The molecule has 1 aromatic rings. The molecular formula is C15H20F4N2. The van der Waals surface area contributed by atoms with Crippen LogP contribution in [0, 0.1) is 17.7 Å². The number of pyridine rings is 1. The second-order valence-corrected chi connectivity index (χ2v) is 5.63. The monoisotopic (exact) mass is 304 g/mol. The van der Waals surface area contributed by atoms with Crippen LogP contribution in [-0.4, -0.2) is 17.7 Å². The summed E-state index contributed by atoms with van der Waals surface area (Å²) >= 11 is 0. The first-order valence-electron chi connectivity index (χ1n) is 7.32. The number of alkyl halides is 3. The predicted octanol–water partition coefficient (Wildman–Crippen LogP) is 4.24. The lowest BCUT2D eigenvalue weighted by Gasteiger charge is -2.35. The number of hydrogen-bond donors (Lipinski definition) is 1. The third-order valence-electron chi connectivity index (χ3n) is 4.22. The minimum atomic E-state index is -4.10. The normalized spacial score (nSPS) is 24.8. The van der Waals surface area contributed by atoms with E-state index in [4.69, 9.17) is 0 Å². The summed E-state index contributed by atoms with van der Waals surface area (Å²) in [7, 11) is 0. The van der Waals surface area contributed by atoms with Gasteiger partial charge in [-0.15, -0.1) is 0 Å². The third kappa shape index (κ3) is 4.15. The number of hydrogen-bond acceptors (Lipinski definition) is 2. The van der Waals surface area contributed by atoms with Crippen LogP contribution in [0.3, 0.4) is 0 Å². The lowest BCUT2D eigenvalue weighted by Crippen LogP contribution is -2.34. The quantitative estimate of drug-likeness (QED) is 0.842. The molecule has 118 valence electrons. The molecule has 0 bridgehead atoms. The van der Waals surface area contributed by atoms with Crippen molar-refractivity contribution in [2.45, 2.75) is 44.8 Å². The molecule has 0 spiro atoms. The number of halogens is 4. The van der Waals surface area contributed by atoms with Gasteiger partial charge in [-0.3, -0.25) is 4.98 Å². The number of nitrogens with one attached hydrogen (secondary N) is 1. The van der Waals surface area contributed by atoms with Crippen molar-refractivity contribution in [3.8, 4) is 0 Å². The Morgan fingerprint density at radius 1 is 1.24 bits per heavy atom. The van der Waals surface area contributed by atoms with Crippen molar-refractivity contribution in [1.82, 2.24) is 10.3 Å². The van der Waals surface area contributed by atoms with Gasteiger partial charge in [0.15, 0.2) is 0 Å². The van der Waals surface area contributed by atoms with Crippen LogP contribution in [0.25, 0.3) is 0 Å². The van der Waals surface area contributed by atoms with E-state index in [-0.39, 0.29) is 24.8 Å². The Kier molecular flexibility index (Phi) is 5.19. The summed E-state index contributed by atoms with van der Waals surface area (Å²) in [6.45, 7) is 2.61. The van der Waals surface area contributed by atoms with Crippen LogP contribution >= 0.6 is 0 Å². The molecule has 21 heavy (non-hydrogen) atoms. The van der Waals surface area contributed by atoms with E-state index in [1.807, 2.05) is 6.92 Å². The van der Waals surface area contributed by atoms with E-state index in [0.29, 0.717) is 24.9 Å². The summed E-state index contributed by atoms with van der Waals surface area (Å²) in [5.74, 6) is -1.52. The van der Waals surface area contributed by atoms with E-state index in [1.54, 1.807) is 6.20 Å². The average molecular weight is 304 g/mol. The van der Waals surface area contributed by atoms with Crippen LogP contribution < -0.4 is 5.32 Å². The predicted molar refractivity (Wildman–Crippen MR) is 72.1 cm³/mol. The van der Waals surface area contributed by atoms with Gasteiger partial charge in [0.25, 0.3) is 0 Å². The highest BCUT2D eigenvalue weighted by Crippen LogP contribution is 2.43. The molecule has 1 saturated carbocycles. The molecule has 0 aliphatic heterocycles. The van der Waals surface area contributed by atoms with Gasteiger partial charge < -0.3 is 5.32 Å². The second-order valence-electron chi connectivity index (χ2n) is 5.63. The van der Waals surface area contributed by atoms with E-state index in [2.05, 4.69) is 10.3 Å². The Morgan fingerprint density at radius 3 is 2.43 bits per heavy atom. The van der Waals surface area contributed by atoms with E-state index >= 15 is 0 Å². The zero-order chi connectivity index (χ0) is 15.5. The smallest absolute Gasteiger partial charge is 0.310 e. The minimum Gasteiger partial charge on any atom is -0.310 e. The van der Waals surface area contributed by atoms with E-state index in [1.165, 1.54) is 6.07 Å². The number of nitrogens with zero attached hydrogens (tertiary/aromatic N) is 1. The molecule has 2 rings (SSSR count). The van der Waals surface area contributed by atoms with Crippen LogP contribution in [0.1, 0.15) is 44.2 Å². The molecule has 1 atom stereocenters. The highest BCUT2D eigenvalue weighted by atomic mass is 19.4. The Balaban J connectivity index is 2.07. The maximum absolute atomic E-state index is 13.3. The fourth-order valence-corrected chi connectivity index (χ4v) is 3.15. The van der Waals surface area contributed by atoms with Crippen molar-refractivity contribution in [3.05, 3.63) is 29.8 Å². The van der Waals surface area contributed by atoms with Gasteiger partial charge in [0, 0.05) is 12.2 Å². The molecule has 6 heteroatoms. The van der Waals surface area contributed by atoms with E-state index in [9.17, 15) is 17.6 Å². The Hall–Kier alpha value is -1.17. The van der Waals surface area contributed by atoms with Crippen molar-refractivity contribution in [3.63, 3.8) is 0 Å². The van der Waals surface area contributed by atoms with Gasteiger partial charge in [-0.05, 0) is 49.8 Å². The van der Waals surface area contributed by atoms with Crippen molar-refractivity contribution >= 4 is 0 Å². The highest BCUT2D eigenvalue weighted by Gasteiger charge is 2.42. The zero-order valence-electron chi connectivity index (χ0n) is 12.0. The molecule has 1 aliphatic carbocycles. The van der Waals surface area contributed by atoms with Crippen LogP contribution in [0.15, 0.2) is 18.5 Å². The fraction of sp³-hybridized carbons (Fsp3) is 0.667. The molecule has 1 heterocycles. The molecule has 0 radical (unpaired) electrons. The molecule has 1 N–H and O–H groups in total. The summed E-state index contributed by atoms with van der Waals surface area (Å²) in [5.41, 5.74) is 0.715. The van der Waals surface area contributed by atoms with Crippen molar-refractivity contribution in [2.75, 3.05) is 6.54 Å². The summed E-state index contributed by atoms with van der Waals surface area (Å²) in [6.07, 6.45) is -0.0767. The molecule has 0 amide bonds. The van der Waals surface area contributed by atoms with E-state index < -0.39 is 17.9 Å². The summed E-state index contributed by atoms with van der Waals surface area (Å²) < 4.78 is 51.5. The SMILES string of the molecule is CCNC(c1cncc(F)c1)C1CCC(C(F)(F)F)CC1. The summed E-state index contributed by atoms with van der Waals surface area (Å²) in [4.78, 5) is 3.84. The molecule has 2 nitrogen and oxygen atoms in total. The molecule has 0 aromatic carbocycles. The zero-order valence-corrected chi connectivity index (χ0v) is 12.0. The van der Waals surface area contributed by atoms with Crippen molar-refractivity contribution < 1.29 is 17.6 Å². The maximum atomic E-state index is 13.3. The molecule has 1 aliphatic rings. The van der Waals surface area contributed by atoms with Gasteiger partial charge in [0.1, 0.15) is 5.82 Å². The van der Waals surface area contributed by atoms with Crippen molar-refractivity contribution in [2.24, 2.45) is 11.8 Å². The van der Waals surface area contributed by atoms with Gasteiger partial charge in [0.05, 0.1) is 12.1 Å². The minimum absolute atomic E-state index is 0.0900. The third-order valence-corrected chi connectivity index (χ3v) is 4.22. The Labute approximate surface area is 122 Å². The van der Waals surface area contributed by atoms with Crippen LogP contribution in [-0.2, 0) is 0 Å². The molecule has 0 saturated heterocycles. The molecule has 1 unspecified atom stereocenters. The molecular weight excluding hydrogens is 284 g/mol. The first kappa shape index (κ1) is 16.2. The lowest BCUT2D eigenvalue weighted by atomic mass is 9.76. The summed E-state index contributed by atoms with van der Waals surface area (Å²) in [6, 6.07) is 1.28. The number of rotatable bonds is 4. The average Bonchev–Trinajstić information content (AvgIpc) is 2.44. The fourth-order valence-electron chi connectivity index (χ4n) is 3.15. The van der Waals surface area contributed by atoms with Crippen LogP contribution in [0.5, 0.6) is 0 Å². The van der Waals surface area contributed by atoms with Gasteiger partial charge in [-0.1, -0.05) is 6.92 Å². The first-order valence-corrected chi connectivity index (χ1v) is 7.32. The molecule has 1 aromatic heterocycles. The van der Waals surface area contributed by atoms with Gasteiger partial charge in [-0.25, -0.2) is 4.39 Å².